The Labute approximate surface area is 92.3 Å². The van der Waals surface area contributed by atoms with E-state index in [1.807, 2.05) is 0 Å². The van der Waals surface area contributed by atoms with E-state index in [9.17, 15) is 9.90 Å². The van der Waals surface area contributed by atoms with Crippen LogP contribution in [0.3, 0.4) is 0 Å². The minimum absolute atomic E-state index is 0.0628. The normalized spacial score (nSPS) is 36.3. The van der Waals surface area contributed by atoms with E-state index in [0.29, 0.717) is 6.54 Å². The fourth-order valence-electron chi connectivity index (χ4n) is 2.56. The highest BCUT2D eigenvalue weighted by Gasteiger charge is 2.39. The maximum Gasteiger partial charge on any atom is 0.216 e. The highest BCUT2D eigenvalue weighted by molar-refractivity contribution is 5.72. The predicted octanol–water partition coefficient (Wildman–Crippen LogP) is 1.84. The molecule has 3 nitrogen and oxygen atoms in total. The molecule has 15 heavy (non-hydrogen) atoms. The molecule has 0 unspecified atom stereocenters. The molecule has 2 atom stereocenters. The summed E-state index contributed by atoms with van der Waals surface area (Å²) in [6.45, 7) is 6.29. The van der Waals surface area contributed by atoms with Crippen molar-refractivity contribution in [2.75, 3.05) is 6.54 Å². The number of hydrogen-bond acceptors (Lipinski definition) is 2. The number of aliphatic hydroxyl groups is 1. The minimum atomic E-state index is -0.686. The van der Waals surface area contributed by atoms with Crippen LogP contribution < -0.4 is 5.32 Å². The van der Waals surface area contributed by atoms with Crippen molar-refractivity contribution in [1.82, 2.24) is 5.32 Å². The molecule has 88 valence electrons. The van der Waals surface area contributed by atoms with Gasteiger partial charge in [-0.25, -0.2) is 0 Å². The zero-order valence-corrected chi connectivity index (χ0v) is 10.1. The van der Waals surface area contributed by atoms with Gasteiger partial charge in [0.15, 0.2) is 0 Å². The number of nitrogens with one attached hydrogen (secondary N) is 1. The van der Waals surface area contributed by atoms with Crippen LogP contribution >= 0.6 is 0 Å². The van der Waals surface area contributed by atoms with Gasteiger partial charge < -0.3 is 10.4 Å². The van der Waals surface area contributed by atoms with Crippen molar-refractivity contribution in [2.45, 2.75) is 58.5 Å². The second-order valence-electron chi connectivity index (χ2n) is 5.33. The lowest BCUT2D eigenvalue weighted by Crippen LogP contribution is -2.48. The van der Waals surface area contributed by atoms with Gasteiger partial charge in [-0.3, -0.25) is 4.79 Å². The first kappa shape index (κ1) is 12.5. The number of amides is 1. The Kier molecular flexibility index (Phi) is 3.77. The third-order valence-electron chi connectivity index (χ3n) is 3.70. The molecular weight excluding hydrogens is 190 g/mol. The summed E-state index contributed by atoms with van der Waals surface area (Å²) in [6, 6.07) is 0. The SMILES string of the molecule is CC[C@@]1(C)CCC[C@@](O)(CNC(C)=O)C1. The van der Waals surface area contributed by atoms with E-state index in [-0.39, 0.29) is 11.3 Å². The Bertz CT molecular complexity index is 242. The minimum Gasteiger partial charge on any atom is -0.388 e. The zero-order valence-electron chi connectivity index (χ0n) is 10.1. The first-order chi connectivity index (χ1) is 6.89. The summed E-state index contributed by atoms with van der Waals surface area (Å²) in [5.41, 5.74) is -0.444. The summed E-state index contributed by atoms with van der Waals surface area (Å²) in [4.78, 5) is 10.8. The second-order valence-corrected chi connectivity index (χ2v) is 5.33. The average molecular weight is 213 g/mol. The third kappa shape index (κ3) is 3.49. The standard InChI is InChI=1S/C12H23NO2/c1-4-11(3)6-5-7-12(15,8-11)9-13-10(2)14/h15H,4-9H2,1-3H3,(H,13,14)/t11-,12-/m0/s1. The molecular formula is C12H23NO2. The quantitative estimate of drug-likeness (QED) is 0.751. The van der Waals surface area contributed by atoms with Gasteiger partial charge in [0.25, 0.3) is 0 Å². The number of hydrogen-bond donors (Lipinski definition) is 2. The molecule has 1 fully saturated rings. The van der Waals surface area contributed by atoms with Crippen LogP contribution in [0, 0.1) is 5.41 Å². The van der Waals surface area contributed by atoms with E-state index < -0.39 is 5.60 Å². The molecule has 0 heterocycles. The fourth-order valence-corrected chi connectivity index (χ4v) is 2.56. The van der Waals surface area contributed by atoms with Crippen molar-refractivity contribution in [3.8, 4) is 0 Å². The van der Waals surface area contributed by atoms with Crippen LogP contribution in [0.25, 0.3) is 0 Å². The molecule has 1 amide bonds. The maximum atomic E-state index is 10.8. The van der Waals surface area contributed by atoms with E-state index >= 15 is 0 Å². The van der Waals surface area contributed by atoms with Crippen molar-refractivity contribution in [3.05, 3.63) is 0 Å². The van der Waals surface area contributed by atoms with E-state index in [0.717, 1.165) is 25.7 Å². The second kappa shape index (κ2) is 4.52. The van der Waals surface area contributed by atoms with Gasteiger partial charge in [0, 0.05) is 13.5 Å². The Morgan fingerprint density at radius 1 is 1.47 bits per heavy atom. The summed E-state index contributed by atoms with van der Waals surface area (Å²) in [6.07, 6.45) is 4.95. The molecule has 0 aliphatic heterocycles. The third-order valence-corrected chi connectivity index (χ3v) is 3.70. The summed E-state index contributed by atoms with van der Waals surface area (Å²) >= 11 is 0. The van der Waals surface area contributed by atoms with Gasteiger partial charge in [-0.2, -0.15) is 0 Å². The molecule has 0 spiro atoms. The largest absolute Gasteiger partial charge is 0.388 e. The van der Waals surface area contributed by atoms with Crippen molar-refractivity contribution in [3.63, 3.8) is 0 Å². The molecule has 1 aliphatic rings. The summed E-state index contributed by atoms with van der Waals surface area (Å²) in [7, 11) is 0. The summed E-state index contributed by atoms with van der Waals surface area (Å²) in [5.74, 6) is -0.0628. The first-order valence-corrected chi connectivity index (χ1v) is 5.86. The van der Waals surface area contributed by atoms with Crippen molar-refractivity contribution >= 4 is 5.91 Å². The zero-order chi connectivity index (χ0) is 11.5. The Balaban J connectivity index is 2.56. The molecule has 0 aromatic carbocycles. The van der Waals surface area contributed by atoms with Crippen LogP contribution in [0.2, 0.25) is 0 Å². The van der Waals surface area contributed by atoms with Crippen molar-refractivity contribution in [2.24, 2.45) is 5.41 Å². The molecule has 1 aliphatic carbocycles. The van der Waals surface area contributed by atoms with Crippen molar-refractivity contribution < 1.29 is 9.90 Å². The highest BCUT2D eigenvalue weighted by Crippen LogP contribution is 2.43. The predicted molar refractivity (Wildman–Crippen MR) is 60.5 cm³/mol. The van der Waals surface area contributed by atoms with Crippen LogP contribution in [0.1, 0.15) is 52.9 Å². The average Bonchev–Trinajstić information content (AvgIpc) is 2.15. The lowest BCUT2D eigenvalue weighted by molar-refractivity contribution is -0.121. The van der Waals surface area contributed by atoms with Crippen LogP contribution in [-0.2, 0) is 4.79 Å². The Morgan fingerprint density at radius 2 is 2.13 bits per heavy atom. The molecule has 0 aromatic rings. The van der Waals surface area contributed by atoms with Gasteiger partial charge in [-0.05, 0) is 31.1 Å². The highest BCUT2D eigenvalue weighted by atomic mass is 16.3. The van der Waals surface area contributed by atoms with Crippen molar-refractivity contribution in [1.29, 1.82) is 0 Å². The maximum absolute atomic E-state index is 10.8. The van der Waals surface area contributed by atoms with Gasteiger partial charge in [0.05, 0.1) is 5.60 Å². The summed E-state index contributed by atoms with van der Waals surface area (Å²) in [5, 5.41) is 13.1. The van der Waals surface area contributed by atoms with Crippen LogP contribution in [0.5, 0.6) is 0 Å². The van der Waals surface area contributed by atoms with Crippen LogP contribution in [0.4, 0.5) is 0 Å². The van der Waals surface area contributed by atoms with Crippen LogP contribution in [0.15, 0.2) is 0 Å². The molecule has 0 saturated heterocycles. The van der Waals surface area contributed by atoms with E-state index in [1.165, 1.54) is 13.3 Å². The molecule has 2 N–H and O–H groups in total. The molecule has 1 saturated carbocycles. The molecule has 0 radical (unpaired) electrons. The smallest absolute Gasteiger partial charge is 0.216 e. The fraction of sp³-hybridized carbons (Fsp3) is 0.917. The number of rotatable bonds is 3. The van der Waals surface area contributed by atoms with E-state index in [1.54, 1.807) is 0 Å². The van der Waals surface area contributed by atoms with Gasteiger partial charge in [0.1, 0.15) is 0 Å². The Morgan fingerprint density at radius 3 is 2.67 bits per heavy atom. The summed E-state index contributed by atoms with van der Waals surface area (Å²) < 4.78 is 0. The topological polar surface area (TPSA) is 49.3 Å². The Hall–Kier alpha value is -0.570. The molecule has 3 heteroatoms. The van der Waals surface area contributed by atoms with Crippen LogP contribution in [-0.4, -0.2) is 23.2 Å². The van der Waals surface area contributed by atoms with E-state index in [4.69, 9.17) is 0 Å². The van der Waals surface area contributed by atoms with Gasteiger partial charge in [-0.15, -0.1) is 0 Å². The lowest BCUT2D eigenvalue weighted by Gasteiger charge is -2.43. The number of carbonyl (C=O) groups excluding carboxylic acids is 1. The van der Waals surface area contributed by atoms with E-state index in [2.05, 4.69) is 19.2 Å². The number of carbonyl (C=O) groups is 1. The van der Waals surface area contributed by atoms with Gasteiger partial charge >= 0.3 is 0 Å². The lowest BCUT2D eigenvalue weighted by atomic mass is 9.67. The van der Waals surface area contributed by atoms with Gasteiger partial charge in [-0.1, -0.05) is 20.3 Å². The first-order valence-electron chi connectivity index (χ1n) is 5.86. The monoisotopic (exact) mass is 213 g/mol. The molecule has 0 bridgehead atoms. The molecule has 1 rings (SSSR count). The molecule has 0 aromatic heterocycles. The van der Waals surface area contributed by atoms with Gasteiger partial charge in [0.2, 0.25) is 5.91 Å².